The first-order chi connectivity index (χ1) is 11.4. The van der Waals surface area contributed by atoms with Crippen LogP contribution in [0.1, 0.15) is 30.3 Å². The first-order valence-electron chi connectivity index (χ1n) is 7.93. The highest BCUT2D eigenvalue weighted by molar-refractivity contribution is 7.07. The van der Waals surface area contributed by atoms with Gasteiger partial charge in [-0.1, -0.05) is 0 Å². The van der Waals surface area contributed by atoms with Crippen LogP contribution in [-0.2, 0) is 6.54 Å². The second kappa shape index (κ2) is 6.50. The Morgan fingerprint density at radius 2 is 2.09 bits per heavy atom. The van der Waals surface area contributed by atoms with Gasteiger partial charge in [-0.3, -0.25) is 4.98 Å². The minimum absolute atomic E-state index is 0.463. The molecular formula is C17H19N5S. The first-order valence-corrected chi connectivity index (χ1v) is 8.87. The molecule has 0 N–H and O–H groups in total. The molecule has 3 aromatic heterocycles. The molecule has 0 amide bonds. The zero-order chi connectivity index (χ0) is 15.5. The Morgan fingerprint density at radius 1 is 1.17 bits per heavy atom. The summed E-state index contributed by atoms with van der Waals surface area (Å²) in [6.07, 6.45) is 10.1. The van der Waals surface area contributed by atoms with Gasteiger partial charge in [0.2, 0.25) is 0 Å². The minimum Gasteiger partial charge on any atom is -0.371 e. The minimum atomic E-state index is 0.463. The third kappa shape index (κ3) is 3.12. The molecule has 4 rings (SSSR count). The van der Waals surface area contributed by atoms with E-state index in [2.05, 4.69) is 48.1 Å². The van der Waals surface area contributed by atoms with Crippen LogP contribution >= 0.6 is 11.3 Å². The summed E-state index contributed by atoms with van der Waals surface area (Å²) < 4.78 is 2.25. The molecule has 1 atom stereocenters. The highest BCUT2D eigenvalue weighted by atomic mass is 32.1. The van der Waals surface area contributed by atoms with Gasteiger partial charge in [-0.25, -0.2) is 9.97 Å². The lowest BCUT2D eigenvalue weighted by molar-refractivity contribution is 0.476. The fraction of sp³-hybridized carbons (Fsp3) is 0.353. The zero-order valence-electron chi connectivity index (χ0n) is 12.9. The summed E-state index contributed by atoms with van der Waals surface area (Å²) in [5, 5.41) is 2.11. The third-order valence-corrected chi connectivity index (χ3v) is 5.01. The van der Waals surface area contributed by atoms with Gasteiger partial charge in [-0.15, -0.1) is 11.3 Å². The van der Waals surface area contributed by atoms with E-state index in [-0.39, 0.29) is 0 Å². The van der Waals surface area contributed by atoms with E-state index < -0.39 is 0 Å². The molecule has 1 saturated heterocycles. The van der Waals surface area contributed by atoms with E-state index in [4.69, 9.17) is 0 Å². The lowest BCUT2D eigenvalue weighted by atomic mass is 9.96. The fourth-order valence-corrected chi connectivity index (χ4v) is 3.83. The van der Waals surface area contributed by atoms with E-state index >= 15 is 0 Å². The molecule has 1 aliphatic heterocycles. The van der Waals surface area contributed by atoms with Crippen LogP contribution in [0.5, 0.6) is 0 Å². The summed E-state index contributed by atoms with van der Waals surface area (Å²) >= 11 is 1.64. The SMILES string of the molecule is c1cc(N2CCCC(c3nccn3Cc3cscn3)C2)ccn1. The van der Waals surface area contributed by atoms with Crippen LogP contribution in [0, 0.1) is 0 Å². The van der Waals surface area contributed by atoms with Crippen molar-refractivity contribution < 1.29 is 0 Å². The predicted octanol–water partition coefficient (Wildman–Crippen LogP) is 3.17. The Labute approximate surface area is 139 Å². The fourth-order valence-electron chi connectivity index (χ4n) is 3.28. The summed E-state index contributed by atoms with van der Waals surface area (Å²) in [5.74, 6) is 1.64. The van der Waals surface area contributed by atoms with Gasteiger partial charge in [0.25, 0.3) is 0 Å². The van der Waals surface area contributed by atoms with Gasteiger partial charge in [0.05, 0.1) is 17.7 Å². The van der Waals surface area contributed by atoms with E-state index in [1.807, 2.05) is 24.1 Å². The van der Waals surface area contributed by atoms with Crippen molar-refractivity contribution in [1.82, 2.24) is 19.5 Å². The van der Waals surface area contributed by atoms with Crippen molar-refractivity contribution in [2.45, 2.75) is 25.3 Å². The molecule has 23 heavy (non-hydrogen) atoms. The number of pyridine rings is 1. The van der Waals surface area contributed by atoms with Crippen molar-refractivity contribution in [2.75, 3.05) is 18.0 Å². The van der Waals surface area contributed by atoms with E-state index in [1.165, 1.54) is 24.4 Å². The maximum absolute atomic E-state index is 4.65. The maximum atomic E-state index is 4.65. The topological polar surface area (TPSA) is 46.8 Å². The van der Waals surface area contributed by atoms with E-state index in [0.29, 0.717) is 5.92 Å². The molecule has 0 aliphatic carbocycles. The van der Waals surface area contributed by atoms with Crippen molar-refractivity contribution in [3.63, 3.8) is 0 Å². The Bertz CT molecular complexity index is 737. The largest absolute Gasteiger partial charge is 0.371 e. The van der Waals surface area contributed by atoms with Gasteiger partial charge in [-0.05, 0) is 25.0 Å². The molecule has 1 aliphatic rings. The van der Waals surface area contributed by atoms with Gasteiger partial charge >= 0.3 is 0 Å². The number of thiazole rings is 1. The highest BCUT2D eigenvalue weighted by Gasteiger charge is 2.25. The molecule has 6 heteroatoms. The normalized spacial score (nSPS) is 18.3. The molecule has 0 aromatic carbocycles. The smallest absolute Gasteiger partial charge is 0.113 e. The lowest BCUT2D eigenvalue weighted by Crippen LogP contribution is -2.35. The van der Waals surface area contributed by atoms with Crippen molar-refractivity contribution in [3.05, 3.63) is 59.3 Å². The summed E-state index contributed by atoms with van der Waals surface area (Å²) in [4.78, 5) is 15.6. The summed E-state index contributed by atoms with van der Waals surface area (Å²) in [6, 6.07) is 4.17. The highest BCUT2D eigenvalue weighted by Crippen LogP contribution is 2.29. The number of hydrogen-bond donors (Lipinski definition) is 0. The standard InChI is InChI=1S/C17H19N5S/c1-2-14(10-21(8-1)16-3-5-18-6-4-16)17-19-7-9-22(17)11-15-12-23-13-20-15/h3-7,9,12-14H,1-2,8,10-11H2. The number of imidazole rings is 1. The number of piperidine rings is 1. The van der Waals surface area contributed by atoms with Crippen molar-refractivity contribution in [1.29, 1.82) is 0 Å². The van der Waals surface area contributed by atoms with Crippen LogP contribution in [0.4, 0.5) is 5.69 Å². The van der Waals surface area contributed by atoms with Gasteiger partial charge < -0.3 is 9.47 Å². The predicted molar refractivity (Wildman–Crippen MR) is 91.9 cm³/mol. The molecule has 5 nitrogen and oxygen atoms in total. The first kappa shape index (κ1) is 14.4. The van der Waals surface area contributed by atoms with Crippen molar-refractivity contribution in [3.8, 4) is 0 Å². The molecule has 1 unspecified atom stereocenters. The van der Waals surface area contributed by atoms with Crippen LogP contribution in [0.25, 0.3) is 0 Å². The molecule has 118 valence electrons. The van der Waals surface area contributed by atoms with Crippen LogP contribution in [0.15, 0.2) is 47.8 Å². The Balaban J connectivity index is 1.53. The number of rotatable bonds is 4. The van der Waals surface area contributed by atoms with Crippen LogP contribution in [0.3, 0.4) is 0 Å². The Morgan fingerprint density at radius 3 is 2.91 bits per heavy atom. The van der Waals surface area contributed by atoms with Crippen LogP contribution in [-0.4, -0.2) is 32.6 Å². The van der Waals surface area contributed by atoms with Gasteiger partial charge in [0, 0.05) is 54.9 Å². The van der Waals surface area contributed by atoms with E-state index in [9.17, 15) is 0 Å². The second-order valence-electron chi connectivity index (χ2n) is 5.88. The molecule has 3 aromatic rings. The lowest BCUT2D eigenvalue weighted by Gasteiger charge is -2.34. The number of anilines is 1. The van der Waals surface area contributed by atoms with Crippen molar-refractivity contribution in [2.24, 2.45) is 0 Å². The van der Waals surface area contributed by atoms with Gasteiger partial charge in [0.1, 0.15) is 5.82 Å². The maximum Gasteiger partial charge on any atom is 0.113 e. The molecule has 1 fully saturated rings. The number of aromatic nitrogens is 4. The van der Waals surface area contributed by atoms with E-state index in [1.54, 1.807) is 11.3 Å². The van der Waals surface area contributed by atoms with Crippen LogP contribution in [0.2, 0.25) is 0 Å². The summed E-state index contributed by atoms with van der Waals surface area (Å²) in [6.45, 7) is 2.93. The van der Waals surface area contributed by atoms with Gasteiger partial charge in [0.15, 0.2) is 0 Å². The quantitative estimate of drug-likeness (QED) is 0.739. The molecule has 0 bridgehead atoms. The summed E-state index contributed by atoms with van der Waals surface area (Å²) in [5.41, 5.74) is 4.25. The zero-order valence-corrected chi connectivity index (χ0v) is 13.7. The van der Waals surface area contributed by atoms with E-state index in [0.717, 1.165) is 25.3 Å². The average molecular weight is 325 g/mol. The monoisotopic (exact) mass is 325 g/mol. The molecular weight excluding hydrogens is 306 g/mol. The molecule has 0 saturated carbocycles. The van der Waals surface area contributed by atoms with Crippen molar-refractivity contribution >= 4 is 17.0 Å². The van der Waals surface area contributed by atoms with Gasteiger partial charge in [-0.2, -0.15) is 0 Å². The second-order valence-corrected chi connectivity index (χ2v) is 6.60. The third-order valence-electron chi connectivity index (χ3n) is 4.38. The number of nitrogens with zero attached hydrogens (tertiary/aromatic N) is 5. The molecule has 4 heterocycles. The Kier molecular flexibility index (Phi) is 4.06. The molecule has 0 radical (unpaired) electrons. The molecule has 0 spiro atoms. The summed E-state index contributed by atoms with van der Waals surface area (Å²) in [7, 11) is 0. The average Bonchev–Trinajstić information content (AvgIpc) is 3.28. The van der Waals surface area contributed by atoms with Crippen LogP contribution < -0.4 is 4.90 Å². The Hall–Kier alpha value is -2.21. The number of hydrogen-bond acceptors (Lipinski definition) is 5.